The highest BCUT2D eigenvalue weighted by Crippen LogP contribution is 2.53. The summed E-state index contributed by atoms with van der Waals surface area (Å²) in [6, 6.07) is 0. The molecule has 0 bridgehead atoms. The van der Waals surface area contributed by atoms with Gasteiger partial charge in [0.05, 0.1) is 12.2 Å². The Labute approximate surface area is 156 Å². The zero-order chi connectivity index (χ0) is 18.1. The molecule has 5 nitrogen and oxygen atoms in total. The van der Waals surface area contributed by atoms with Gasteiger partial charge in [0.15, 0.2) is 0 Å². The van der Waals surface area contributed by atoms with Crippen molar-refractivity contribution in [2.24, 2.45) is 23.2 Å². The number of fused-ring (bicyclic) bond motifs is 2. The van der Waals surface area contributed by atoms with E-state index in [0.717, 1.165) is 32.5 Å². The third-order valence-corrected chi connectivity index (χ3v) is 6.77. The number of carbonyl (C=O) groups is 1. The second-order valence-corrected chi connectivity index (χ2v) is 8.70. The van der Waals surface area contributed by atoms with E-state index < -0.39 is 0 Å². The number of aryl methyl sites for hydroxylation is 1. The molecule has 1 saturated heterocycles. The lowest BCUT2D eigenvalue weighted by Crippen LogP contribution is -2.40. The van der Waals surface area contributed by atoms with Gasteiger partial charge in [-0.15, -0.1) is 0 Å². The molecular formula is C21H31N3O2. The molecule has 1 aromatic heterocycles. The first-order valence-corrected chi connectivity index (χ1v) is 10.2. The Morgan fingerprint density at radius 3 is 3.15 bits per heavy atom. The van der Waals surface area contributed by atoms with E-state index >= 15 is 0 Å². The van der Waals surface area contributed by atoms with Crippen LogP contribution in [0.2, 0.25) is 0 Å². The van der Waals surface area contributed by atoms with Crippen molar-refractivity contribution in [2.75, 3.05) is 13.1 Å². The highest BCUT2D eigenvalue weighted by atomic mass is 16.6. The van der Waals surface area contributed by atoms with Crippen molar-refractivity contribution in [1.29, 1.82) is 0 Å². The van der Waals surface area contributed by atoms with Crippen LogP contribution in [0.15, 0.2) is 30.4 Å². The molecule has 3 aliphatic rings. The number of ether oxygens (including phenoxy) is 1. The monoisotopic (exact) mass is 357 g/mol. The Bertz CT molecular complexity index is 669. The van der Waals surface area contributed by atoms with Crippen LogP contribution in [0.3, 0.4) is 0 Å². The topological polar surface area (TPSA) is 56.1 Å². The Hall–Kier alpha value is -1.62. The van der Waals surface area contributed by atoms with Gasteiger partial charge in [-0.3, -0.25) is 4.79 Å². The van der Waals surface area contributed by atoms with Gasteiger partial charge in [-0.25, -0.2) is 4.98 Å². The third kappa shape index (κ3) is 3.34. The summed E-state index contributed by atoms with van der Waals surface area (Å²) in [6.45, 7) is 7.31. The molecule has 1 aromatic rings. The molecule has 2 heterocycles. The SMILES string of the molecule is CC1CCCC2(C)CC3OC(=O)C(CNCCCn4ccnc4)C3C=C12. The van der Waals surface area contributed by atoms with E-state index in [2.05, 4.69) is 34.8 Å². The van der Waals surface area contributed by atoms with Gasteiger partial charge in [0.25, 0.3) is 0 Å². The van der Waals surface area contributed by atoms with Crippen LogP contribution < -0.4 is 5.32 Å². The molecule has 2 aliphatic carbocycles. The first-order valence-electron chi connectivity index (χ1n) is 10.2. The fourth-order valence-electron chi connectivity index (χ4n) is 5.35. The summed E-state index contributed by atoms with van der Waals surface area (Å²) in [4.78, 5) is 16.5. The molecule has 4 rings (SSSR count). The van der Waals surface area contributed by atoms with Crippen LogP contribution in [-0.2, 0) is 16.1 Å². The fourth-order valence-corrected chi connectivity index (χ4v) is 5.35. The van der Waals surface area contributed by atoms with E-state index in [4.69, 9.17) is 4.74 Å². The number of nitrogens with one attached hydrogen (secondary N) is 1. The standard InChI is InChI=1S/C21H31N3O2/c1-15-5-3-6-21(2)12-19-16(11-18(15)21)17(20(25)26-19)13-22-7-4-9-24-10-8-23-14-24/h8,10-11,14-17,19,22H,3-7,9,12-13H2,1-2H3. The minimum atomic E-state index is -0.0283. The lowest BCUT2D eigenvalue weighted by molar-refractivity contribution is -0.145. The molecule has 5 heteroatoms. The van der Waals surface area contributed by atoms with Crippen LogP contribution in [0.4, 0.5) is 0 Å². The molecule has 5 atom stereocenters. The van der Waals surface area contributed by atoms with Crippen LogP contribution in [0.1, 0.15) is 46.0 Å². The highest BCUT2D eigenvalue weighted by Gasteiger charge is 2.51. The summed E-state index contributed by atoms with van der Waals surface area (Å²) in [6.07, 6.45) is 14.0. The molecule has 1 saturated carbocycles. The average Bonchev–Trinajstić information content (AvgIpc) is 3.21. The molecule has 0 amide bonds. The van der Waals surface area contributed by atoms with E-state index in [0.29, 0.717) is 5.92 Å². The number of imidazole rings is 1. The first kappa shape index (κ1) is 17.8. The van der Waals surface area contributed by atoms with Crippen LogP contribution in [-0.4, -0.2) is 34.7 Å². The van der Waals surface area contributed by atoms with Gasteiger partial charge in [0.1, 0.15) is 6.10 Å². The number of esters is 1. The number of nitrogens with zero attached hydrogens (tertiary/aromatic N) is 2. The number of rotatable bonds is 6. The summed E-state index contributed by atoms with van der Waals surface area (Å²) >= 11 is 0. The van der Waals surface area contributed by atoms with Crippen molar-refractivity contribution in [3.8, 4) is 0 Å². The van der Waals surface area contributed by atoms with Crippen molar-refractivity contribution in [1.82, 2.24) is 14.9 Å². The van der Waals surface area contributed by atoms with Gasteiger partial charge in [0, 0.05) is 31.4 Å². The second kappa shape index (κ2) is 7.18. The molecule has 142 valence electrons. The number of hydrogen-bond donors (Lipinski definition) is 1. The van der Waals surface area contributed by atoms with Crippen molar-refractivity contribution in [2.45, 2.75) is 58.6 Å². The van der Waals surface area contributed by atoms with Crippen molar-refractivity contribution in [3.05, 3.63) is 30.4 Å². The van der Waals surface area contributed by atoms with Gasteiger partial charge >= 0.3 is 5.97 Å². The summed E-state index contributed by atoms with van der Waals surface area (Å²) < 4.78 is 7.89. The predicted molar refractivity (Wildman–Crippen MR) is 100 cm³/mol. The van der Waals surface area contributed by atoms with E-state index in [1.807, 2.05) is 12.5 Å². The molecule has 1 aliphatic heterocycles. The lowest BCUT2D eigenvalue weighted by Gasteiger charge is -2.46. The molecule has 26 heavy (non-hydrogen) atoms. The largest absolute Gasteiger partial charge is 0.461 e. The van der Waals surface area contributed by atoms with E-state index in [-0.39, 0.29) is 29.3 Å². The molecular weight excluding hydrogens is 326 g/mol. The van der Waals surface area contributed by atoms with E-state index in [1.165, 1.54) is 19.3 Å². The molecule has 0 aromatic carbocycles. The maximum Gasteiger partial charge on any atom is 0.311 e. The van der Waals surface area contributed by atoms with E-state index in [9.17, 15) is 4.79 Å². The van der Waals surface area contributed by atoms with Gasteiger partial charge in [-0.2, -0.15) is 0 Å². The highest BCUT2D eigenvalue weighted by molar-refractivity contribution is 5.76. The minimum Gasteiger partial charge on any atom is -0.461 e. The van der Waals surface area contributed by atoms with Gasteiger partial charge in [-0.05, 0) is 43.6 Å². The van der Waals surface area contributed by atoms with E-state index in [1.54, 1.807) is 11.8 Å². The maximum absolute atomic E-state index is 12.5. The summed E-state index contributed by atoms with van der Waals surface area (Å²) in [5.74, 6) is 0.870. The van der Waals surface area contributed by atoms with Crippen molar-refractivity contribution >= 4 is 5.97 Å². The minimum absolute atomic E-state index is 0.00569. The third-order valence-electron chi connectivity index (χ3n) is 6.77. The molecule has 5 unspecified atom stereocenters. The van der Waals surface area contributed by atoms with Crippen molar-refractivity contribution < 1.29 is 9.53 Å². The Morgan fingerprint density at radius 2 is 2.35 bits per heavy atom. The zero-order valence-electron chi connectivity index (χ0n) is 16.0. The molecule has 1 N–H and O–H groups in total. The van der Waals surface area contributed by atoms with Crippen LogP contribution >= 0.6 is 0 Å². The van der Waals surface area contributed by atoms with Crippen LogP contribution in [0.5, 0.6) is 0 Å². The summed E-state index contributed by atoms with van der Waals surface area (Å²) in [5, 5.41) is 3.48. The maximum atomic E-state index is 12.5. The number of allylic oxidation sites excluding steroid dienone is 1. The number of hydrogen-bond acceptors (Lipinski definition) is 4. The molecule has 2 fully saturated rings. The van der Waals surface area contributed by atoms with Crippen LogP contribution in [0, 0.1) is 23.2 Å². The zero-order valence-corrected chi connectivity index (χ0v) is 16.0. The molecule has 0 radical (unpaired) electrons. The normalized spacial score (nSPS) is 36.2. The Kier molecular flexibility index (Phi) is 4.91. The molecule has 0 spiro atoms. The second-order valence-electron chi connectivity index (χ2n) is 8.70. The number of carbonyl (C=O) groups excluding carboxylic acids is 1. The van der Waals surface area contributed by atoms with Gasteiger partial charge in [0.2, 0.25) is 0 Å². The lowest BCUT2D eigenvalue weighted by atomic mass is 9.59. The Morgan fingerprint density at radius 1 is 1.46 bits per heavy atom. The summed E-state index contributed by atoms with van der Waals surface area (Å²) in [7, 11) is 0. The van der Waals surface area contributed by atoms with Gasteiger partial charge < -0.3 is 14.6 Å². The predicted octanol–water partition coefficient (Wildman–Crippen LogP) is 3.18. The summed E-state index contributed by atoms with van der Waals surface area (Å²) in [5.41, 5.74) is 1.83. The number of aromatic nitrogens is 2. The average molecular weight is 357 g/mol. The fraction of sp³-hybridized carbons (Fsp3) is 0.714. The smallest absolute Gasteiger partial charge is 0.311 e. The van der Waals surface area contributed by atoms with Crippen LogP contribution in [0.25, 0.3) is 0 Å². The quantitative estimate of drug-likeness (QED) is 0.483. The van der Waals surface area contributed by atoms with Gasteiger partial charge in [-0.1, -0.05) is 31.9 Å². The Balaban J connectivity index is 1.35. The first-order chi connectivity index (χ1) is 12.6. The van der Waals surface area contributed by atoms with Crippen molar-refractivity contribution in [3.63, 3.8) is 0 Å².